The molecule has 84 valence electrons. The van der Waals surface area contributed by atoms with Crippen molar-refractivity contribution in [3.63, 3.8) is 0 Å². The molecule has 0 aliphatic rings. The third-order valence-corrected chi connectivity index (χ3v) is 4.61. The fourth-order valence-electron chi connectivity index (χ4n) is 1.92. The molecule has 0 N–H and O–H groups in total. The minimum absolute atomic E-state index is 0.916. The minimum Gasteiger partial charge on any atom is -0.135 e. The van der Waals surface area contributed by atoms with Crippen molar-refractivity contribution in [1.82, 2.24) is 0 Å². The zero-order valence-corrected chi connectivity index (χ0v) is 11.6. The van der Waals surface area contributed by atoms with Crippen LogP contribution in [0.25, 0.3) is 20.5 Å². The lowest BCUT2D eigenvalue weighted by Gasteiger charge is -1.93. The molecule has 0 aliphatic carbocycles. The van der Waals surface area contributed by atoms with Gasteiger partial charge in [0.05, 0.1) is 0 Å². The first kappa shape index (κ1) is 11.0. The number of halogens is 1. The predicted octanol–water partition coefficient (Wildman–Crippen LogP) is 5.46. The Labute approximate surface area is 113 Å². The van der Waals surface area contributed by atoms with E-state index in [0.717, 1.165) is 5.33 Å². The van der Waals surface area contributed by atoms with E-state index >= 15 is 0 Å². The molecular formula is C15H11BrS. The van der Waals surface area contributed by atoms with Gasteiger partial charge in [-0.25, -0.2) is 0 Å². The number of fused-ring (bicyclic) bond motifs is 1. The maximum absolute atomic E-state index is 3.50. The van der Waals surface area contributed by atoms with Crippen LogP contribution < -0.4 is 0 Å². The van der Waals surface area contributed by atoms with E-state index in [-0.39, 0.29) is 0 Å². The standard InChI is InChI=1S/C15H11BrS/c16-10-11-6-7-14-13(8-11)9-15(17-14)12-4-2-1-3-5-12/h1-9H,10H2. The molecule has 0 unspecified atom stereocenters. The Bertz CT molecular complexity index is 640. The summed E-state index contributed by atoms with van der Waals surface area (Å²) >= 11 is 5.35. The quantitative estimate of drug-likeness (QED) is 0.551. The summed E-state index contributed by atoms with van der Waals surface area (Å²) in [4.78, 5) is 1.34. The maximum atomic E-state index is 3.50. The smallest absolute Gasteiger partial charge is 0.0355 e. The molecule has 0 nitrogen and oxygen atoms in total. The van der Waals surface area contributed by atoms with E-state index in [9.17, 15) is 0 Å². The molecule has 3 rings (SSSR count). The van der Waals surface area contributed by atoms with Crippen LogP contribution in [0, 0.1) is 0 Å². The largest absolute Gasteiger partial charge is 0.135 e. The number of hydrogen-bond donors (Lipinski definition) is 0. The molecule has 0 saturated carbocycles. The average molecular weight is 303 g/mol. The Kier molecular flexibility index (Phi) is 3.00. The highest BCUT2D eigenvalue weighted by Gasteiger charge is 2.04. The van der Waals surface area contributed by atoms with Gasteiger partial charge in [0, 0.05) is 14.9 Å². The minimum atomic E-state index is 0.916. The Morgan fingerprint density at radius 2 is 1.76 bits per heavy atom. The summed E-state index contributed by atoms with van der Waals surface area (Å²) in [7, 11) is 0. The average Bonchev–Trinajstić information content (AvgIpc) is 2.82. The van der Waals surface area contributed by atoms with Crippen molar-refractivity contribution in [2.45, 2.75) is 5.33 Å². The molecule has 3 aromatic rings. The van der Waals surface area contributed by atoms with Gasteiger partial charge < -0.3 is 0 Å². The van der Waals surface area contributed by atoms with Crippen LogP contribution in [0.3, 0.4) is 0 Å². The van der Waals surface area contributed by atoms with Gasteiger partial charge in [-0.1, -0.05) is 52.3 Å². The van der Waals surface area contributed by atoms with E-state index in [1.54, 1.807) is 0 Å². The fraction of sp³-hybridized carbons (Fsp3) is 0.0667. The van der Waals surface area contributed by atoms with Gasteiger partial charge in [0.2, 0.25) is 0 Å². The highest BCUT2D eigenvalue weighted by Crippen LogP contribution is 2.33. The molecule has 2 heteroatoms. The zero-order valence-electron chi connectivity index (χ0n) is 9.19. The number of alkyl halides is 1. The topological polar surface area (TPSA) is 0 Å². The van der Waals surface area contributed by atoms with Crippen LogP contribution >= 0.6 is 27.3 Å². The van der Waals surface area contributed by atoms with Crippen LogP contribution in [0.15, 0.2) is 54.6 Å². The molecular weight excluding hydrogens is 292 g/mol. The van der Waals surface area contributed by atoms with Crippen LogP contribution in [0.4, 0.5) is 0 Å². The van der Waals surface area contributed by atoms with Gasteiger partial charge in [0.25, 0.3) is 0 Å². The van der Waals surface area contributed by atoms with Gasteiger partial charge in [0.1, 0.15) is 0 Å². The van der Waals surface area contributed by atoms with Crippen molar-refractivity contribution in [2.75, 3.05) is 0 Å². The molecule has 0 amide bonds. The van der Waals surface area contributed by atoms with Gasteiger partial charge >= 0.3 is 0 Å². The van der Waals surface area contributed by atoms with Crippen LogP contribution in [0.2, 0.25) is 0 Å². The molecule has 1 aromatic heterocycles. The summed E-state index contributed by atoms with van der Waals surface area (Å²) in [5, 5.41) is 2.25. The van der Waals surface area contributed by atoms with E-state index in [4.69, 9.17) is 0 Å². The van der Waals surface area contributed by atoms with Gasteiger partial charge in [-0.05, 0) is 34.7 Å². The Hall–Kier alpha value is -1.12. The Morgan fingerprint density at radius 3 is 2.53 bits per heavy atom. The van der Waals surface area contributed by atoms with Crippen LogP contribution in [0.1, 0.15) is 5.56 Å². The lowest BCUT2D eigenvalue weighted by atomic mass is 10.1. The molecule has 0 bridgehead atoms. The molecule has 1 heterocycles. The summed E-state index contributed by atoms with van der Waals surface area (Å²) in [6.45, 7) is 0. The molecule has 0 aliphatic heterocycles. The first-order valence-electron chi connectivity index (χ1n) is 5.51. The second kappa shape index (κ2) is 4.63. The zero-order chi connectivity index (χ0) is 11.7. The molecule has 0 atom stereocenters. The van der Waals surface area contributed by atoms with E-state index in [0.29, 0.717) is 0 Å². The molecule has 2 aromatic carbocycles. The lowest BCUT2D eigenvalue weighted by molar-refractivity contribution is 1.47. The summed E-state index contributed by atoms with van der Waals surface area (Å²) in [5.41, 5.74) is 2.63. The monoisotopic (exact) mass is 302 g/mol. The van der Waals surface area contributed by atoms with Crippen LogP contribution in [0.5, 0.6) is 0 Å². The molecule has 0 fully saturated rings. The highest BCUT2D eigenvalue weighted by molar-refractivity contribution is 9.08. The second-order valence-corrected chi connectivity index (χ2v) is 5.63. The van der Waals surface area contributed by atoms with Gasteiger partial charge in [-0.2, -0.15) is 0 Å². The SMILES string of the molecule is BrCc1ccc2sc(-c3ccccc3)cc2c1. The maximum Gasteiger partial charge on any atom is 0.0355 e. The van der Waals surface area contributed by atoms with Crippen molar-refractivity contribution in [3.05, 3.63) is 60.2 Å². The summed E-state index contributed by atoms with van der Waals surface area (Å²) in [6, 6.07) is 19.5. The van der Waals surface area contributed by atoms with E-state index in [1.165, 1.54) is 26.1 Å². The lowest BCUT2D eigenvalue weighted by Crippen LogP contribution is -1.73. The Morgan fingerprint density at radius 1 is 0.941 bits per heavy atom. The highest BCUT2D eigenvalue weighted by atomic mass is 79.9. The molecule has 0 saturated heterocycles. The van der Waals surface area contributed by atoms with E-state index in [2.05, 4.69) is 70.5 Å². The number of rotatable bonds is 2. The van der Waals surface area contributed by atoms with Crippen LogP contribution in [-0.2, 0) is 5.33 Å². The van der Waals surface area contributed by atoms with E-state index < -0.39 is 0 Å². The van der Waals surface area contributed by atoms with Crippen LogP contribution in [-0.4, -0.2) is 0 Å². The number of thiophene rings is 1. The third kappa shape index (κ3) is 2.15. The third-order valence-electron chi connectivity index (χ3n) is 2.79. The van der Waals surface area contributed by atoms with E-state index in [1.807, 2.05) is 11.3 Å². The first-order chi connectivity index (χ1) is 8.36. The van der Waals surface area contributed by atoms with Crippen molar-refractivity contribution in [1.29, 1.82) is 0 Å². The molecule has 0 radical (unpaired) electrons. The van der Waals surface area contributed by atoms with Crippen molar-refractivity contribution in [2.24, 2.45) is 0 Å². The van der Waals surface area contributed by atoms with Gasteiger partial charge in [-0.15, -0.1) is 11.3 Å². The number of benzene rings is 2. The van der Waals surface area contributed by atoms with Crippen molar-refractivity contribution < 1.29 is 0 Å². The molecule has 17 heavy (non-hydrogen) atoms. The normalized spacial score (nSPS) is 10.9. The second-order valence-electron chi connectivity index (χ2n) is 3.98. The Balaban J connectivity index is 2.14. The number of hydrogen-bond acceptors (Lipinski definition) is 1. The first-order valence-corrected chi connectivity index (χ1v) is 7.44. The predicted molar refractivity (Wildman–Crippen MR) is 79.9 cm³/mol. The van der Waals surface area contributed by atoms with Crippen molar-refractivity contribution in [3.8, 4) is 10.4 Å². The summed E-state index contributed by atoms with van der Waals surface area (Å²) < 4.78 is 1.36. The van der Waals surface area contributed by atoms with Crippen molar-refractivity contribution >= 4 is 37.4 Å². The molecule has 0 spiro atoms. The van der Waals surface area contributed by atoms with Gasteiger partial charge in [0.15, 0.2) is 0 Å². The summed E-state index contributed by atoms with van der Waals surface area (Å²) in [5.74, 6) is 0. The fourth-order valence-corrected chi connectivity index (χ4v) is 3.32. The summed E-state index contributed by atoms with van der Waals surface area (Å²) in [6.07, 6.45) is 0. The van der Waals surface area contributed by atoms with Gasteiger partial charge in [-0.3, -0.25) is 0 Å².